The Morgan fingerprint density at radius 1 is 0.919 bits per heavy atom. The van der Waals surface area contributed by atoms with Crippen molar-refractivity contribution in [2.24, 2.45) is 13.0 Å². The average molecular weight is 492 g/mol. The van der Waals surface area contributed by atoms with Gasteiger partial charge in [0.2, 0.25) is 5.69 Å². The molecule has 3 aromatic carbocycles. The van der Waals surface area contributed by atoms with Crippen LogP contribution in [-0.2, 0) is 13.4 Å². The van der Waals surface area contributed by atoms with Crippen molar-refractivity contribution in [1.82, 2.24) is 0 Å². The van der Waals surface area contributed by atoms with Crippen molar-refractivity contribution >= 4 is 27.6 Å². The maximum atomic E-state index is 9.25. The van der Waals surface area contributed by atoms with Gasteiger partial charge < -0.3 is 4.42 Å². The number of aryl methyl sites for hydroxylation is 1. The highest BCUT2D eigenvalue weighted by Gasteiger charge is 2.24. The maximum absolute atomic E-state index is 9.25. The van der Waals surface area contributed by atoms with E-state index in [0.717, 1.165) is 27.5 Å². The number of furan rings is 1. The van der Waals surface area contributed by atoms with E-state index in [2.05, 4.69) is 30.8 Å². The Hall–Kier alpha value is -3.90. The predicted octanol–water partition coefficient (Wildman–Crippen LogP) is 9.23. The van der Waals surface area contributed by atoms with Crippen LogP contribution in [0.1, 0.15) is 61.5 Å². The summed E-state index contributed by atoms with van der Waals surface area (Å²) >= 11 is 0. The summed E-state index contributed by atoms with van der Waals surface area (Å²) in [6.07, 6.45) is -1.86. The van der Waals surface area contributed by atoms with Crippen molar-refractivity contribution < 1.29 is 14.5 Å². The monoisotopic (exact) mass is 491 g/mol. The Morgan fingerprint density at radius 2 is 1.57 bits per heavy atom. The molecule has 0 atom stereocenters. The van der Waals surface area contributed by atoms with Crippen LogP contribution in [-0.4, -0.2) is 0 Å². The largest absolute Gasteiger partial charge is 0.456 e. The van der Waals surface area contributed by atoms with E-state index in [4.69, 9.17) is 15.1 Å². The number of hydrogen-bond acceptors (Lipinski definition) is 1. The molecular weight excluding hydrogens is 452 g/mol. The highest BCUT2D eigenvalue weighted by molar-refractivity contribution is 6.15. The van der Waals surface area contributed by atoms with E-state index in [-0.39, 0.29) is 17.6 Å². The summed E-state index contributed by atoms with van der Waals surface area (Å²) in [5.74, 6) is -0.0301. The van der Waals surface area contributed by atoms with Gasteiger partial charge in [0.25, 0.3) is 0 Å². The first-order chi connectivity index (χ1) is 19.3. The van der Waals surface area contributed by atoms with Crippen LogP contribution in [0.5, 0.6) is 0 Å². The smallest absolute Gasteiger partial charge is 0.216 e. The van der Waals surface area contributed by atoms with Crippen LogP contribution in [0.2, 0.25) is 0 Å². The van der Waals surface area contributed by atoms with Gasteiger partial charge in [0.05, 0.1) is 14.9 Å². The van der Waals surface area contributed by atoms with Crippen LogP contribution in [0.15, 0.2) is 65.0 Å². The lowest BCUT2D eigenvalue weighted by molar-refractivity contribution is -0.666. The molecule has 0 unspecified atom stereocenters. The van der Waals surface area contributed by atoms with E-state index in [1.165, 1.54) is 5.56 Å². The SMILES string of the molecule is [2H]c1c(C([2H])([2H])C(C)C)c([2H])c(-c2c(C)ccc3c2oc2c(-c4ccc(C(C)C)cc4)c([N+]#[C-])ccc23)[n+](C)c1C. The molecule has 0 radical (unpaired) electrons. The fourth-order valence-electron chi connectivity index (χ4n) is 4.95. The molecule has 0 spiro atoms. The molecule has 5 aromatic rings. The van der Waals surface area contributed by atoms with Crippen LogP contribution in [0.25, 0.3) is 49.2 Å². The molecule has 0 amide bonds. The lowest BCUT2D eigenvalue weighted by Crippen LogP contribution is -2.35. The third-order valence-corrected chi connectivity index (χ3v) is 7.04. The lowest BCUT2D eigenvalue weighted by Gasteiger charge is -2.11. The van der Waals surface area contributed by atoms with Crippen LogP contribution in [0.3, 0.4) is 0 Å². The fourth-order valence-corrected chi connectivity index (χ4v) is 4.95. The van der Waals surface area contributed by atoms with Gasteiger partial charge in [-0.05, 0) is 47.4 Å². The number of rotatable bonds is 5. The number of benzene rings is 3. The maximum Gasteiger partial charge on any atom is 0.216 e. The van der Waals surface area contributed by atoms with Crippen molar-refractivity contribution in [1.29, 1.82) is 0 Å². The van der Waals surface area contributed by atoms with Crippen LogP contribution in [0, 0.1) is 26.3 Å². The zero-order valence-electron chi connectivity index (χ0n) is 26.6. The summed E-state index contributed by atoms with van der Waals surface area (Å²) in [5.41, 5.74) is 7.29. The molecule has 0 aliphatic carbocycles. The summed E-state index contributed by atoms with van der Waals surface area (Å²) in [4.78, 5) is 3.82. The molecule has 0 aliphatic heterocycles. The van der Waals surface area contributed by atoms with E-state index >= 15 is 0 Å². The minimum absolute atomic E-state index is 0.01000. The van der Waals surface area contributed by atoms with E-state index in [9.17, 15) is 1.37 Å². The van der Waals surface area contributed by atoms with Crippen molar-refractivity contribution in [3.63, 3.8) is 0 Å². The summed E-state index contributed by atoms with van der Waals surface area (Å²) in [7, 11) is 1.81. The third kappa shape index (κ3) is 4.31. The third-order valence-electron chi connectivity index (χ3n) is 7.04. The minimum atomic E-state index is -1.86. The molecule has 2 aromatic heterocycles. The summed E-state index contributed by atoms with van der Waals surface area (Å²) in [5, 5.41) is 1.73. The van der Waals surface area contributed by atoms with Gasteiger partial charge >= 0.3 is 0 Å². The molecular formula is C34H35N2O+. The van der Waals surface area contributed by atoms with E-state index in [0.29, 0.717) is 39.7 Å². The Morgan fingerprint density at radius 3 is 2.19 bits per heavy atom. The fraction of sp³-hybridized carbons (Fsp3) is 0.294. The first kappa shape index (κ1) is 20.2. The van der Waals surface area contributed by atoms with Crippen molar-refractivity contribution in [3.05, 3.63) is 94.4 Å². The molecule has 0 N–H and O–H groups in total. The Kier molecular flexibility index (Phi) is 5.20. The second kappa shape index (κ2) is 9.52. The number of aromatic nitrogens is 1. The van der Waals surface area contributed by atoms with Gasteiger partial charge in [-0.15, -0.1) is 0 Å². The molecule has 0 saturated heterocycles. The molecule has 5 rings (SSSR count). The number of fused-ring (bicyclic) bond motifs is 3. The van der Waals surface area contributed by atoms with Gasteiger partial charge in [0.1, 0.15) is 18.2 Å². The Balaban J connectivity index is 1.89. The number of pyridine rings is 1. The molecule has 0 aliphatic rings. The quantitative estimate of drug-likeness (QED) is 0.177. The number of nitrogens with zero attached hydrogens (tertiary/aromatic N) is 2. The average Bonchev–Trinajstić information content (AvgIpc) is 3.31. The molecule has 0 fully saturated rings. The van der Waals surface area contributed by atoms with E-state index in [1.54, 1.807) is 25.3 Å². The van der Waals surface area contributed by atoms with Crippen molar-refractivity contribution in [2.75, 3.05) is 0 Å². The van der Waals surface area contributed by atoms with Crippen LogP contribution < -0.4 is 4.57 Å². The van der Waals surface area contributed by atoms with Gasteiger partial charge in [-0.25, -0.2) is 4.85 Å². The highest BCUT2D eigenvalue weighted by atomic mass is 16.3. The molecule has 3 nitrogen and oxygen atoms in total. The van der Waals surface area contributed by atoms with Crippen LogP contribution in [0.4, 0.5) is 5.69 Å². The molecule has 0 bridgehead atoms. The first-order valence-electron chi connectivity index (χ1n) is 14.8. The standard InChI is InChI=1S/C34H35N2O/c1-20(2)17-24-18-23(6)36(8)30(19-24)31-22(5)9-14-27-28-15-16-29(35-7)32(34(28)37-33(27)31)26-12-10-25(11-13-26)21(3)4/h9-16,18-21H,17H2,1-6,8H3/q+1/i17D2,18D,19D. The van der Waals surface area contributed by atoms with E-state index in [1.807, 2.05) is 50.4 Å². The summed E-state index contributed by atoms with van der Waals surface area (Å²) in [6, 6.07) is 16.0. The van der Waals surface area contributed by atoms with Gasteiger partial charge in [-0.2, -0.15) is 4.57 Å². The predicted molar refractivity (Wildman–Crippen MR) is 154 cm³/mol. The van der Waals surface area contributed by atoms with Crippen molar-refractivity contribution in [3.8, 4) is 22.4 Å². The van der Waals surface area contributed by atoms with Gasteiger partial charge in [-0.1, -0.05) is 76.2 Å². The second-order valence-corrected chi connectivity index (χ2v) is 10.4. The molecule has 2 heterocycles. The van der Waals surface area contributed by atoms with E-state index < -0.39 is 12.3 Å². The molecule has 186 valence electrons. The zero-order chi connectivity index (χ0) is 30.0. The topological polar surface area (TPSA) is 21.4 Å². The first-order valence-corrected chi connectivity index (χ1v) is 12.8. The normalized spacial score (nSPS) is 13.6. The zero-order valence-corrected chi connectivity index (χ0v) is 22.6. The Bertz CT molecular complexity index is 1880. The number of hydrogen-bond donors (Lipinski definition) is 0. The second-order valence-electron chi connectivity index (χ2n) is 10.4. The molecule has 3 heteroatoms. The molecule has 37 heavy (non-hydrogen) atoms. The lowest BCUT2D eigenvalue weighted by atomic mass is 9.95. The van der Waals surface area contributed by atoms with Gasteiger partial charge in [0.15, 0.2) is 11.4 Å². The van der Waals surface area contributed by atoms with Crippen LogP contribution >= 0.6 is 0 Å². The minimum Gasteiger partial charge on any atom is -0.456 e. The summed E-state index contributed by atoms with van der Waals surface area (Å²) in [6.45, 7) is 19.5. The van der Waals surface area contributed by atoms with Gasteiger partial charge in [-0.3, -0.25) is 0 Å². The Labute approximate surface area is 225 Å². The summed E-state index contributed by atoms with van der Waals surface area (Å²) < 4.78 is 44.1. The molecule has 0 saturated carbocycles. The highest BCUT2D eigenvalue weighted by Crippen LogP contribution is 2.44. The van der Waals surface area contributed by atoms with Crippen molar-refractivity contribution in [2.45, 2.75) is 53.8 Å². The van der Waals surface area contributed by atoms with Gasteiger partial charge in [0, 0.05) is 38.1 Å².